The zero-order chi connectivity index (χ0) is 28.1. The van der Waals surface area contributed by atoms with Crippen molar-refractivity contribution in [3.63, 3.8) is 0 Å². The lowest BCUT2D eigenvalue weighted by Gasteiger charge is -2.35. The van der Waals surface area contributed by atoms with Gasteiger partial charge in [-0.1, -0.05) is 38.4 Å². The molecule has 1 saturated heterocycles. The van der Waals surface area contributed by atoms with E-state index in [4.69, 9.17) is 16.0 Å². The molecule has 202 valence electrons. The summed E-state index contributed by atoms with van der Waals surface area (Å²) in [6.07, 6.45) is 1.49. The largest absolute Gasteiger partial charge is 0.478 e. The van der Waals surface area contributed by atoms with Crippen molar-refractivity contribution in [2.45, 2.75) is 33.1 Å². The van der Waals surface area contributed by atoms with Crippen LogP contribution in [0.5, 0.6) is 0 Å². The van der Waals surface area contributed by atoms with Crippen LogP contribution in [0.25, 0.3) is 22.4 Å². The van der Waals surface area contributed by atoms with Gasteiger partial charge in [0.15, 0.2) is 11.3 Å². The van der Waals surface area contributed by atoms with E-state index in [1.807, 2.05) is 31.7 Å². The van der Waals surface area contributed by atoms with Crippen molar-refractivity contribution in [2.75, 3.05) is 31.1 Å². The van der Waals surface area contributed by atoms with Crippen molar-refractivity contribution in [3.05, 3.63) is 75.9 Å². The number of piperazine rings is 1. The highest BCUT2D eigenvalue weighted by atomic mass is 35.5. The van der Waals surface area contributed by atoms with Gasteiger partial charge in [-0.2, -0.15) is 0 Å². The maximum atomic E-state index is 14.2. The molecule has 39 heavy (non-hydrogen) atoms. The van der Waals surface area contributed by atoms with E-state index in [0.717, 1.165) is 5.56 Å². The van der Waals surface area contributed by atoms with E-state index in [2.05, 4.69) is 9.97 Å². The number of furan rings is 1. The fourth-order valence-corrected chi connectivity index (χ4v) is 4.96. The molecule has 4 aromatic rings. The first-order valence-electron chi connectivity index (χ1n) is 12.6. The number of anilines is 1. The normalized spacial score (nSPS) is 14.2. The first-order chi connectivity index (χ1) is 18.4. The fourth-order valence-electron chi connectivity index (χ4n) is 4.84. The Morgan fingerprint density at radius 1 is 1.08 bits per heavy atom. The highest BCUT2D eigenvalue weighted by Crippen LogP contribution is 2.35. The zero-order valence-electron chi connectivity index (χ0n) is 22.1. The number of carboxylic acids is 1. The molecule has 0 aliphatic carbocycles. The Kier molecular flexibility index (Phi) is 6.80. The average Bonchev–Trinajstić information content (AvgIpc) is 3.33. The summed E-state index contributed by atoms with van der Waals surface area (Å²) < 4.78 is 20.3. The summed E-state index contributed by atoms with van der Waals surface area (Å²) in [5, 5.41) is 9.46. The van der Waals surface area contributed by atoms with Crippen molar-refractivity contribution in [1.29, 1.82) is 0 Å². The van der Waals surface area contributed by atoms with Crippen LogP contribution in [0.1, 0.15) is 52.8 Å². The van der Waals surface area contributed by atoms with Gasteiger partial charge in [0.05, 0.1) is 16.3 Å². The molecule has 5 rings (SSSR count). The Bertz CT molecular complexity index is 1600. The molecule has 1 N–H and O–H groups in total. The molecule has 1 amide bonds. The van der Waals surface area contributed by atoms with Crippen molar-refractivity contribution >= 4 is 40.4 Å². The lowest BCUT2D eigenvalue weighted by atomic mass is 9.86. The number of carbonyl (C=O) groups excluding carboxylic acids is 1. The molecule has 0 atom stereocenters. The number of amides is 1. The summed E-state index contributed by atoms with van der Waals surface area (Å²) in [7, 11) is 0. The summed E-state index contributed by atoms with van der Waals surface area (Å²) in [4.78, 5) is 37.7. The number of aromatic nitrogens is 2. The van der Waals surface area contributed by atoms with Gasteiger partial charge in [-0.05, 0) is 36.6 Å². The van der Waals surface area contributed by atoms with Crippen LogP contribution in [-0.2, 0) is 5.41 Å². The molecule has 8 nitrogen and oxygen atoms in total. The van der Waals surface area contributed by atoms with Crippen LogP contribution in [-0.4, -0.2) is 58.0 Å². The van der Waals surface area contributed by atoms with Crippen molar-refractivity contribution < 1.29 is 23.5 Å². The number of fused-ring (bicyclic) bond motifs is 1. The lowest BCUT2D eigenvalue weighted by Crippen LogP contribution is -2.49. The van der Waals surface area contributed by atoms with Crippen LogP contribution in [0, 0.1) is 12.7 Å². The van der Waals surface area contributed by atoms with E-state index < -0.39 is 11.8 Å². The number of pyridine rings is 2. The standard InChI is InChI=1S/C29H28ClFN4O4/c1-16-18(28(37)38)7-8-32-26(16)34-9-11-35(12-10-34)27(36)24-15-23-25(39-24)19(29(2,3)4)14-22(33-23)17-5-6-20(30)21(31)13-17/h5-8,13-15H,9-12H2,1-4H3,(H,37,38). The van der Waals surface area contributed by atoms with E-state index in [0.29, 0.717) is 59.9 Å². The smallest absolute Gasteiger partial charge is 0.336 e. The second-order valence-corrected chi connectivity index (χ2v) is 11.1. The number of aromatic carboxylic acids is 1. The van der Waals surface area contributed by atoms with Crippen molar-refractivity contribution in [1.82, 2.24) is 14.9 Å². The number of halogens is 2. The third-order valence-electron chi connectivity index (χ3n) is 6.99. The van der Waals surface area contributed by atoms with Crippen molar-refractivity contribution in [2.24, 2.45) is 0 Å². The highest BCUT2D eigenvalue weighted by Gasteiger charge is 2.29. The lowest BCUT2D eigenvalue weighted by molar-refractivity contribution is 0.0694. The molecule has 0 spiro atoms. The summed E-state index contributed by atoms with van der Waals surface area (Å²) in [5.74, 6) is -0.998. The van der Waals surface area contributed by atoms with E-state index in [-0.39, 0.29) is 27.7 Å². The molecular weight excluding hydrogens is 523 g/mol. The molecule has 0 bridgehead atoms. The van der Waals surface area contributed by atoms with Crippen LogP contribution in [0.15, 0.2) is 47.0 Å². The first kappa shape index (κ1) is 26.6. The third kappa shape index (κ3) is 5.06. The van der Waals surface area contributed by atoms with Crippen LogP contribution in [0.3, 0.4) is 0 Å². The fraction of sp³-hybridized carbons (Fsp3) is 0.310. The molecule has 4 heterocycles. The third-order valence-corrected chi connectivity index (χ3v) is 7.29. The Morgan fingerprint density at radius 3 is 2.44 bits per heavy atom. The SMILES string of the molecule is Cc1c(C(=O)O)ccnc1N1CCN(C(=O)c2cc3nc(-c4ccc(Cl)c(F)c4)cc(C(C)(C)C)c3o2)CC1. The second-order valence-electron chi connectivity index (χ2n) is 10.7. The summed E-state index contributed by atoms with van der Waals surface area (Å²) in [6, 6.07) is 9.53. The van der Waals surface area contributed by atoms with Crippen LogP contribution >= 0.6 is 11.6 Å². The first-order valence-corrected chi connectivity index (χ1v) is 13.0. The predicted octanol–water partition coefficient (Wildman–Crippen LogP) is 5.95. The maximum absolute atomic E-state index is 14.2. The molecule has 1 fully saturated rings. The van der Waals surface area contributed by atoms with Gasteiger partial charge in [0.2, 0.25) is 0 Å². The molecule has 0 radical (unpaired) electrons. The summed E-state index contributed by atoms with van der Waals surface area (Å²) in [5.41, 5.74) is 3.49. The molecule has 3 aromatic heterocycles. The van der Waals surface area contributed by atoms with Gasteiger partial charge in [-0.3, -0.25) is 4.79 Å². The number of rotatable bonds is 4. The monoisotopic (exact) mass is 550 g/mol. The van der Waals surface area contributed by atoms with Gasteiger partial charge in [-0.15, -0.1) is 0 Å². The van der Waals surface area contributed by atoms with E-state index in [9.17, 15) is 19.1 Å². The zero-order valence-corrected chi connectivity index (χ0v) is 22.8. The highest BCUT2D eigenvalue weighted by molar-refractivity contribution is 6.30. The Balaban J connectivity index is 1.42. The number of hydrogen-bond donors (Lipinski definition) is 1. The quantitative estimate of drug-likeness (QED) is 0.335. The summed E-state index contributed by atoms with van der Waals surface area (Å²) in [6.45, 7) is 9.68. The number of hydrogen-bond acceptors (Lipinski definition) is 6. The van der Waals surface area contributed by atoms with E-state index >= 15 is 0 Å². The summed E-state index contributed by atoms with van der Waals surface area (Å²) >= 11 is 5.87. The van der Waals surface area contributed by atoms with Crippen LogP contribution < -0.4 is 4.90 Å². The van der Waals surface area contributed by atoms with Crippen LogP contribution in [0.4, 0.5) is 10.2 Å². The molecule has 1 aromatic carbocycles. The Morgan fingerprint density at radius 2 is 1.79 bits per heavy atom. The molecule has 0 unspecified atom stereocenters. The number of carbonyl (C=O) groups is 2. The Labute approximate surface area is 230 Å². The van der Waals surface area contributed by atoms with Gasteiger partial charge in [0, 0.05) is 55.1 Å². The van der Waals surface area contributed by atoms with Gasteiger partial charge in [0.1, 0.15) is 17.2 Å². The van der Waals surface area contributed by atoms with Gasteiger partial charge in [-0.25, -0.2) is 19.2 Å². The second kappa shape index (κ2) is 9.96. The van der Waals surface area contributed by atoms with Gasteiger partial charge < -0.3 is 19.3 Å². The Hall–Kier alpha value is -3.98. The predicted molar refractivity (Wildman–Crippen MR) is 147 cm³/mol. The average molecular weight is 551 g/mol. The minimum Gasteiger partial charge on any atom is -0.478 e. The molecule has 10 heteroatoms. The van der Waals surface area contributed by atoms with Crippen molar-refractivity contribution in [3.8, 4) is 11.3 Å². The number of benzene rings is 1. The van der Waals surface area contributed by atoms with Gasteiger partial charge in [0.25, 0.3) is 5.91 Å². The molecular formula is C29H28ClFN4O4. The minimum absolute atomic E-state index is 0.0349. The molecule has 1 aliphatic rings. The number of nitrogens with zero attached hydrogens (tertiary/aromatic N) is 4. The minimum atomic E-state index is -0.998. The van der Waals surface area contributed by atoms with E-state index in [1.54, 1.807) is 24.0 Å². The molecule has 1 aliphatic heterocycles. The number of carboxylic acid groups (broad SMARTS) is 1. The molecule has 0 saturated carbocycles. The van der Waals surface area contributed by atoms with Gasteiger partial charge >= 0.3 is 5.97 Å². The maximum Gasteiger partial charge on any atom is 0.336 e. The van der Waals surface area contributed by atoms with E-state index in [1.165, 1.54) is 24.4 Å². The van der Waals surface area contributed by atoms with Crippen LogP contribution in [0.2, 0.25) is 5.02 Å². The topological polar surface area (TPSA) is 99.8 Å².